The lowest BCUT2D eigenvalue weighted by Gasteiger charge is -2.34. The van der Waals surface area contributed by atoms with E-state index in [0.717, 1.165) is 39.9 Å². The van der Waals surface area contributed by atoms with E-state index in [1.165, 1.54) is 31.2 Å². The van der Waals surface area contributed by atoms with Crippen LogP contribution in [0.5, 0.6) is 0 Å². The van der Waals surface area contributed by atoms with E-state index in [1.54, 1.807) is 11.3 Å². The maximum absolute atomic E-state index is 11.5. The van der Waals surface area contributed by atoms with Gasteiger partial charge in [-0.25, -0.2) is 15.0 Å². The topological polar surface area (TPSA) is 74.2 Å². The molecule has 0 radical (unpaired) electrons. The summed E-state index contributed by atoms with van der Waals surface area (Å²) in [4.78, 5) is 17.6. The standard InChI is InChI=1S/C25H31N5OS/c1-17-6-5-7-18(16-17)21-22(32-23(29-21)25(31)11-14-30(2)15-12-25)20-10-13-26-24(28-20)27-19-8-3-4-9-19/h5-7,10,13,16,19,31H,3-4,8-9,11-12,14-15H2,1-2H3,(H,26,27,28). The summed E-state index contributed by atoms with van der Waals surface area (Å²) >= 11 is 1.57. The molecule has 5 rings (SSSR count). The number of piperidine rings is 1. The molecule has 0 amide bonds. The van der Waals surface area contributed by atoms with E-state index in [-0.39, 0.29) is 0 Å². The van der Waals surface area contributed by atoms with E-state index in [0.29, 0.717) is 24.8 Å². The van der Waals surface area contributed by atoms with Gasteiger partial charge in [0.15, 0.2) is 0 Å². The number of nitrogens with zero attached hydrogens (tertiary/aromatic N) is 4. The summed E-state index contributed by atoms with van der Waals surface area (Å²) in [5, 5.41) is 15.8. The highest BCUT2D eigenvalue weighted by atomic mass is 32.1. The van der Waals surface area contributed by atoms with Crippen molar-refractivity contribution in [3.8, 4) is 21.8 Å². The van der Waals surface area contributed by atoms with Gasteiger partial charge in [0.25, 0.3) is 0 Å². The quantitative estimate of drug-likeness (QED) is 0.580. The largest absolute Gasteiger partial charge is 0.383 e. The van der Waals surface area contributed by atoms with Crippen molar-refractivity contribution < 1.29 is 5.11 Å². The molecule has 1 aliphatic heterocycles. The molecule has 3 heterocycles. The molecule has 3 aromatic rings. The van der Waals surface area contributed by atoms with Crippen molar-refractivity contribution in [1.29, 1.82) is 0 Å². The summed E-state index contributed by atoms with van der Waals surface area (Å²) in [5.74, 6) is 0.678. The molecule has 2 fully saturated rings. The van der Waals surface area contributed by atoms with Gasteiger partial charge in [0, 0.05) is 30.9 Å². The van der Waals surface area contributed by atoms with Gasteiger partial charge < -0.3 is 15.3 Å². The van der Waals surface area contributed by atoms with Crippen LogP contribution in [0.1, 0.15) is 49.1 Å². The summed E-state index contributed by atoms with van der Waals surface area (Å²) in [6.45, 7) is 3.83. The zero-order valence-electron chi connectivity index (χ0n) is 18.8. The minimum Gasteiger partial charge on any atom is -0.383 e. The van der Waals surface area contributed by atoms with E-state index in [1.807, 2.05) is 12.3 Å². The molecule has 1 saturated carbocycles. The second kappa shape index (κ2) is 8.89. The van der Waals surface area contributed by atoms with Gasteiger partial charge >= 0.3 is 0 Å². The molecule has 2 N–H and O–H groups in total. The molecule has 0 atom stereocenters. The fourth-order valence-corrected chi connectivity index (χ4v) is 5.89. The van der Waals surface area contributed by atoms with Crippen molar-refractivity contribution in [1.82, 2.24) is 19.9 Å². The first kappa shape index (κ1) is 21.5. The van der Waals surface area contributed by atoms with Crippen LogP contribution in [-0.2, 0) is 5.60 Å². The molecule has 0 unspecified atom stereocenters. The lowest BCUT2D eigenvalue weighted by Crippen LogP contribution is -2.40. The number of aryl methyl sites for hydroxylation is 1. The van der Waals surface area contributed by atoms with Gasteiger partial charge in [0.2, 0.25) is 5.95 Å². The SMILES string of the molecule is Cc1cccc(-c2nc(C3(O)CCN(C)CC3)sc2-c2ccnc(NC3CCCC3)n2)c1. The molecule has 2 aromatic heterocycles. The van der Waals surface area contributed by atoms with Crippen molar-refractivity contribution in [3.63, 3.8) is 0 Å². The number of rotatable bonds is 5. The molecule has 2 aliphatic rings. The predicted octanol–water partition coefficient (Wildman–Crippen LogP) is 4.84. The second-order valence-electron chi connectivity index (χ2n) is 9.29. The van der Waals surface area contributed by atoms with Crippen molar-refractivity contribution in [3.05, 3.63) is 47.1 Å². The van der Waals surface area contributed by atoms with Crippen LogP contribution in [0.25, 0.3) is 21.8 Å². The van der Waals surface area contributed by atoms with Crippen LogP contribution in [0.2, 0.25) is 0 Å². The molecule has 0 spiro atoms. The van der Waals surface area contributed by atoms with E-state index in [4.69, 9.17) is 9.97 Å². The van der Waals surface area contributed by atoms with Crippen LogP contribution in [-0.4, -0.2) is 51.1 Å². The normalized spacial score (nSPS) is 19.3. The Morgan fingerprint density at radius 1 is 1.12 bits per heavy atom. The molecule has 1 saturated heterocycles. The van der Waals surface area contributed by atoms with Crippen molar-refractivity contribution in [2.75, 3.05) is 25.5 Å². The first-order chi connectivity index (χ1) is 15.5. The zero-order valence-corrected chi connectivity index (χ0v) is 19.7. The van der Waals surface area contributed by atoms with E-state index < -0.39 is 5.60 Å². The Kier molecular flexibility index (Phi) is 5.97. The third kappa shape index (κ3) is 4.42. The highest BCUT2D eigenvalue weighted by Gasteiger charge is 2.37. The number of anilines is 1. The summed E-state index contributed by atoms with van der Waals surface area (Å²) in [7, 11) is 2.10. The Bertz CT molecular complexity index is 1080. The number of likely N-dealkylation sites (tertiary alicyclic amines) is 1. The van der Waals surface area contributed by atoms with E-state index in [2.05, 4.69) is 53.4 Å². The Morgan fingerprint density at radius 3 is 2.66 bits per heavy atom. The van der Waals surface area contributed by atoms with Gasteiger partial charge in [-0.1, -0.05) is 36.6 Å². The van der Waals surface area contributed by atoms with E-state index in [9.17, 15) is 5.11 Å². The average Bonchev–Trinajstić information content (AvgIpc) is 3.47. The van der Waals surface area contributed by atoms with Crippen molar-refractivity contribution in [2.45, 2.75) is 57.1 Å². The number of thiazole rings is 1. The smallest absolute Gasteiger partial charge is 0.223 e. The van der Waals surface area contributed by atoms with E-state index >= 15 is 0 Å². The molecular weight excluding hydrogens is 418 g/mol. The second-order valence-corrected chi connectivity index (χ2v) is 10.3. The number of aromatic nitrogens is 3. The van der Waals surface area contributed by atoms with Gasteiger partial charge in [-0.05, 0) is 51.8 Å². The minimum absolute atomic E-state index is 0.457. The fraction of sp³-hybridized carbons (Fsp3) is 0.480. The lowest BCUT2D eigenvalue weighted by atomic mass is 9.92. The zero-order chi connectivity index (χ0) is 22.1. The number of aliphatic hydroxyl groups is 1. The molecule has 168 valence electrons. The lowest BCUT2D eigenvalue weighted by molar-refractivity contribution is -0.0203. The molecule has 7 heteroatoms. The summed E-state index contributed by atoms with van der Waals surface area (Å²) in [6, 6.07) is 10.8. The first-order valence-corrected chi connectivity index (χ1v) is 12.4. The van der Waals surface area contributed by atoms with Gasteiger partial charge in [0.1, 0.15) is 10.6 Å². The van der Waals surface area contributed by atoms with Gasteiger partial charge in [0.05, 0.1) is 16.3 Å². The highest BCUT2D eigenvalue weighted by Crippen LogP contribution is 2.43. The van der Waals surface area contributed by atoms with Crippen LogP contribution in [0.4, 0.5) is 5.95 Å². The number of hydrogen-bond acceptors (Lipinski definition) is 7. The van der Waals surface area contributed by atoms with Crippen molar-refractivity contribution >= 4 is 17.3 Å². The number of nitrogens with one attached hydrogen (secondary N) is 1. The summed E-state index contributed by atoms with van der Waals surface area (Å²) in [6.07, 6.45) is 8.09. The molecule has 1 aliphatic carbocycles. The van der Waals surface area contributed by atoms with Crippen LogP contribution in [0.3, 0.4) is 0 Å². The predicted molar refractivity (Wildman–Crippen MR) is 130 cm³/mol. The summed E-state index contributed by atoms with van der Waals surface area (Å²) < 4.78 is 0. The monoisotopic (exact) mass is 449 g/mol. The Hall–Kier alpha value is -2.35. The van der Waals surface area contributed by atoms with Crippen LogP contribution < -0.4 is 5.32 Å². The van der Waals surface area contributed by atoms with Gasteiger partial charge in [-0.2, -0.15) is 0 Å². The fourth-order valence-electron chi connectivity index (χ4n) is 4.69. The molecule has 0 bridgehead atoms. The van der Waals surface area contributed by atoms with Crippen molar-refractivity contribution in [2.24, 2.45) is 0 Å². The molecule has 1 aromatic carbocycles. The van der Waals surface area contributed by atoms with Crippen LogP contribution in [0, 0.1) is 6.92 Å². The Labute approximate surface area is 193 Å². The maximum Gasteiger partial charge on any atom is 0.223 e. The Morgan fingerprint density at radius 2 is 1.91 bits per heavy atom. The third-order valence-corrected chi connectivity index (χ3v) is 7.98. The molecular formula is C25H31N5OS. The number of benzene rings is 1. The molecule has 6 nitrogen and oxygen atoms in total. The van der Waals surface area contributed by atoms with Crippen LogP contribution >= 0.6 is 11.3 Å². The third-order valence-electron chi connectivity index (χ3n) is 6.71. The minimum atomic E-state index is -0.883. The first-order valence-electron chi connectivity index (χ1n) is 11.6. The molecule has 32 heavy (non-hydrogen) atoms. The maximum atomic E-state index is 11.5. The summed E-state index contributed by atoms with van der Waals surface area (Å²) in [5.41, 5.74) is 3.12. The number of hydrogen-bond donors (Lipinski definition) is 2. The Balaban J connectivity index is 1.55. The highest BCUT2D eigenvalue weighted by molar-refractivity contribution is 7.15. The van der Waals surface area contributed by atoms with Gasteiger partial charge in [-0.3, -0.25) is 0 Å². The average molecular weight is 450 g/mol. The van der Waals surface area contributed by atoms with Crippen LogP contribution in [0.15, 0.2) is 36.5 Å². The van der Waals surface area contributed by atoms with Gasteiger partial charge in [-0.15, -0.1) is 11.3 Å².